The zero-order valence-corrected chi connectivity index (χ0v) is 13.8. The highest BCUT2D eigenvalue weighted by molar-refractivity contribution is 9.10. The van der Waals surface area contributed by atoms with Gasteiger partial charge >= 0.3 is 0 Å². The van der Waals surface area contributed by atoms with Crippen molar-refractivity contribution in [2.75, 3.05) is 6.54 Å². The molecule has 2 aromatic heterocycles. The Labute approximate surface area is 125 Å². The number of thiophene rings is 1. The average Bonchev–Trinajstić information content (AvgIpc) is 2.93. The van der Waals surface area contributed by atoms with Crippen LogP contribution >= 0.6 is 38.6 Å². The molecule has 0 radical (unpaired) electrons. The summed E-state index contributed by atoms with van der Waals surface area (Å²) in [7, 11) is 0. The van der Waals surface area contributed by atoms with Crippen molar-refractivity contribution in [1.29, 1.82) is 0 Å². The Morgan fingerprint density at radius 2 is 2.22 bits per heavy atom. The molecule has 5 heteroatoms. The lowest BCUT2D eigenvalue weighted by Gasteiger charge is -2.15. The van der Waals surface area contributed by atoms with Gasteiger partial charge in [-0.05, 0) is 41.9 Å². The molecule has 98 valence electrons. The van der Waals surface area contributed by atoms with Crippen LogP contribution in [0.25, 0.3) is 0 Å². The van der Waals surface area contributed by atoms with Crippen LogP contribution < -0.4 is 5.32 Å². The summed E-state index contributed by atoms with van der Waals surface area (Å²) in [5, 5.41) is 9.06. The van der Waals surface area contributed by atoms with Gasteiger partial charge in [-0.3, -0.25) is 0 Å². The van der Waals surface area contributed by atoms with Gasteiger partial charge in [0, 0.05) is 32.6 Å². The number of aromatic nitrogens is 1. The first-order valence-corrected chi connectivity index (χ1v) is 8.62. The Hall–Kier alpha value is -0.230. The first-order valence-electron chi connectivity index (χ1n) is 6.07. The highest BCUT2D eigenvalue weighted by atomic mass is 79.9. The quantitative estimate of drug-likeness (QED) is 0.830. The Kier molecular flexibility index (Phi) is 5.36. The minimum atomic E-state index is 0.378. The van der Waals surface area contributed by atoms with Gasteiger partial charge in [-0.2, -0.15) is 0 Å². The molecule has 2 heterocycles. The third-order valence-electron chi connectivity index (χ3n) is 2.65. The molecule has 2 rings (SSSR count). The molecule has 0 aromatic carbocycles. The number of rotatable bonds is 6. The molecule has 0 saturated heterocycles. The summed E-state index contributed by atoms with van der Waals surface area (Å²) < 4.78 is 1.17. The molecule has 2 aromatic rings. The largest absolute Gasteiger partial charge is 0.309 e. The Bertz CT molecular complexity index is 493. The fourth-order valence-electron chi connectivity index (χ4n) is 1.81. The molecular formula is C13H17BrN2S2. The average molecular weight is 345 g/mol. The van der Waals surface area contributed by atoms with E-state index in [1.807, 2.05) is 0 Å². The van der Waals surface area contributed by atoms with Crippen molar-refractivity contribution >= 4 is 38.6 Å². The Morgan fingerprint density at radius 3 is 2.78 bits per heavy atom. The lowest BCUT2D eigenvalue weighted by Crippen LogP contribution is -2.23. The van der Waals surface area contributed by atoms with Gasteiger partial charge in [-0.25, -0.2) is 4.98 Å². The number of hydrogen-bond acceptors (Lipinski definition) is 4. The lowest BCUT2D eigenvalue weighted by molar-refractivity contribution is 0.532. The molecule has 0 fully saturated rings. The van der Waals surface area contributed by atoms with Crippen LogP contribution in [0.5, 0.6) is 0 Å². The summed E-state index contributed by atoms with van der Waals surface area (Å²) in [5.74, 6) is 0. The molecule has 1 N–H and O–H groups in total. The molecule has 2 nitrogen and oxygen atoms in total. The molecule has 18 heavy (non-hydrogen) atoms. The van der Waals surface area contributed by atoms with E-state index in [0.717, 1.165) is 24.4 Å². The predicted octanol–water partition coefficient (Wildman–Crippen LogP) is 4.56. The maximum absolute atomic E-state index is 4.56. The highest BCUT2D eigenvalue weighted by Gasteiger charge is 2.15. The summed E-state index contributed by atoms with van der Waals surface area (Å²) in [6.07, 6.45) is 2.12. The third kappa shape index (κ3) is 3.88. The van der Waals surface area contributed by atoms with Gasteiger partial charge in [-0.15, -0.1) is 22.7 Å². The summed E-state index contributed by atoms with van der Waals surface area (Å²) in [6, 6.07) is 2.58. The molecule has 0 aliphatic heterocycles. The standard InChI is InChI=1S/C13H17BrN2S2/c1-3-4-15-12(13-5-10(14)7-18-13)6-11-8-17-9(2)16-11/h5,7-8,12,15H,3-4,6H2,1-2H3. The normalized spacial score (nSPS) is 12.8. The van der Waals surface area contributed by atoms with Gasteiger partial charge in [0.05, 0.1) is 10.7 Å². The maximum atomic E-state index is 4.56. The summed E-state index contributed by atoms with van der Waals surface area (Å²) in [6.45, 7) is 5.30. The van der Waals surface area contributed by atoms with Crippen LogP contribution in [0, 0.1) is 6.92 Å². The second-order valence-corrected chi connectivity index (χ2v) is 7.16. The van der Waals surface area contributed by atoms with Crippen molar-refractivity contribution in [2.24, 2.45) is 0 Å². The second kappa shape index (κ2) is 6.80. The molecular weight excluding hydrogens is 328 g/mol. The van der Waals surface area contributed by atoms with Crippen molar-refractivity contribution in [3.05, 3.63) is 36.9 Å². The van der Waals surface area contributed by atoms with Crippen LogP contribution in [-0.2, 0) is 6.42 Å². The van der Waals surface area contributed by atoms with Crippen LogP contribution in [0.15, 0.2) is 21.3 Å². The van der Waals surface area contributed by atoms with E-state index in [1.54, 1.807) is 22.7 Å². The van der Waals surface area contributed by atoms with E-state index in [1.165, 1.54) is 15.0 Å². The number of nitrogens with zero attached hydrogens (tertiary/aromatic N) is 1. The van der Waals surface area contributed by atoms with Crippen molar-refractivity contribution in [1.82, 2.24) is 10.3 Å². The van der Waals surface area contributed by atoms with Crippen molar-refractivity contribution in [3.63, 3.8) is 0 Å². The number of hydrogen-bond donors (Lipinski definition) is 1. The molecule has 1 atom stereocenters. The van der Waals surface area contributed by atoms with Gasteiger partial charge in [0.2, 0.25) is 0 Å². The van der Waals surface area contributed by atoms with Gasteiger partial charge in [0.1, 0.15) is 0 Å². The number of aryl methyl sites for hydroxylation is 1. The summed E-state index contributed by atoms with van der Waals surface area (Å²) >= 11 is 7.05. The SMILES string of the molecule is CCCNC(Cc1csc(C)n1)c1cc(Br)cs1. The first kappa shape index (κ1) is 14.2. The van der Waals surface area contributed by atoms with Gasteiger partial charge < -0.3 is 5.32 Å². The fourth-order valence-corrected chi connectivity index (χ4v) is 3.96. The number of nitrogens with one attached hydrogen (secondary N) is 1. The second-order valence-electron chi connectivity index (χ2n) is 4.24. The van der Waals surface area contributed by atoms with E-state index in [4.69, 9.17) is 0 Å². The molecule has 0 bridgehead atoms. The maximum Gasteiger partial charge on any atom is 0.0897 e. The molecule has 0 saturated carbocycles. The number of thiazole rings is 1. The molecule has 1 unspecified atom stereocenters. The van der Waals surface area contributed by atoms with Gasteiger partial charge in [0.25, 0.3) is 0 Å². The first-order chi connectivity index (χ1) is 8.69. The van der Waals surface area contributed by atoms with E-state index in [0.29, 0.717) is 6.04 Å². The Balaban J connectivity index is 2.09. The van der Waals surface area contributed by atoms with Crippen LogP contribution in [0.1, 0.15) is 35.0 Å². The zero-order chi connectivity index (χ0) is 13.0. The lowest BCUT2D eigenvalue weighted by atomic mass is 10.1. The third-order valence-corrected chi connectivity index (χ3v) is 5.28. The molecule has 0 spiro atoms. The fraction of sp³-hybridized carbons (Fsp3) is 0.462. The summed E-state index contributed by atoms with van der Waals surface area (Å²) in [4.78, 5) is 5.94. The van der Waals surface area contributed by atoms with Crippen LogP contribution in [0.4, 0.5) is 0 Å². The van der Waals surface area contributed by atoms with E-state index in [2.05, 4.69) is 56.9 Å². The minimum Gasteiger partial charge on any atom is -0.309 e. The Morgan fingerprint density at radius 1 is 1.39 bits per heavy atom. The van der Waals surface area contributed by atoms with Crippen LogP contribution in [0.3, 0.4) is 0 Å². The minimum absolute atomic E-state index is 0.378. The highest BCUT2D eigenvalue weighted by Crippen LogP contribution is 2.28. The molecule has 0 amide bonds. The number of halogens is 1. The molecule has 0 aliphatic rings. The van der Waals surface area contributed by atoms with Crippen molar-refractivity contribution in [2.45, 2.75) is 32.7 Å². The predicted molar refractivity (Wildman–Crippen MR) is 83.6 cm³/mol. The summed E-state index contributed by atoms with van der Waals surface area (Å²) in [5.41, 5.74) is 1.19. The van der Waals surface area contributed by atoms with Crippen LogP contribution in [-0.4, -0.2) is 11.5 Å². The monoisotopic (exact) mass is 344 g/mol. The van der Waals surface area contributed by atoms with Crippen molar-refractivity contribution < 1.29 is 0 Å². The van der Waals surface area contributed by atoms with E-state index >= 15 is 0 Å². The smallest absolute Gasteiger partial charge is 0.0897 e. The van der Waals surface area contributed by atoms with Gasteiger partial charge in [0.15, 0.2) is 0 Å². The van der Waals surface area contributed by atoms with Crippen LogP contribution in [0.2, 0.25) is 0 Å². The van der Waals surface area contributed by atoms with E-state index in [-0.39, 0.29) is 0 Å². The van der Waals surface area contributed by atoms with E-state index in [9.17, 15) is 0 Å². The zero-order valence-electron chi connectivity index (χ0n) is 10.6. The topological polar surface area (TPSA) is 24.9 Å². The van der Waals surface area contributed by atoms with Crippen molar-refractivity contribution in [3.8, 4) is 0 Å². The van der Waals surface area contributed by atoms with Gasteiger partial charge in [-0.1, -0.05) is 6.92 Å². The van der Waals surface area contributed by atoms with E-state index < -0.39 is 0 Å². The molecule has 0 aliphatic carbocycles.